The van der Waals surface area contributed by atoms with Crippen LogP contribution in [0.25, 0.3) is 0 Å². The summed E-state index contributed by atoms with van der Waals surface area (Å²) in [4.78, 5) is 15.5. The molecule has 1 aromatic heterocycles. The summed E-state index contributed by atoms with van der Waals surface area (Å²) in [6.45, 7) is 1.33. The van der Waals surface area contributed by atoms with Crippen LogP contribution in [0.5, 0.6) is 0 Å². The second kappa shape index (κ2) is 6.67. The average Bonchev–Trinajstić information content (AvgIpc) is 3.01. The Balaban J connectivity index is 1.64. The predicted octanol–water partition coefficient (Wildman–Crippen LogP) is 3.17. The normalized spacial score (nSPS) is 15.9. The van der Waals surface area contributed by atoms with Gasteiger partial charge in [0.1, 0.15) is 0 Å². The number of hydrogen-bond acceptors (Lipinski definition) is 5. The van der Waals surface area contributed by atoms with Crippen LogP contribution in [0, 0.1) is 0 Å². The van der Waals surface area contributed by atoms with E-state index in [2.05, 4.69) is 26.1 Å². The summed E-state index contributed by atoms with van der Waals surface area (Å²) in [5.41, 5.74) is 0.996. The van der Waals surface area contributed by atoms with Crippen LogP contribution in [-0.2, 0) is 17.5 Å². The molecule has 0 unspecified atom stereocenters. The van der Waals surface area contributed by atoms with E-state index < -0.39 is 11.2 Å². The number of rotatable bonds is 3. The minimum absolute atomic E-state index is 0.00299. The summed E-state index contributed by atoms with van der Waals surface area (Å²) in [5, 5.41) is 5.84. The fourth-order valence-corrected chi connectivity index (χ4v) is 3.31. The molecule has 128 valence electrons. The molecule has 10 heteroatoms. The highest BCUT2D eigenvalue weighted by Crippen LogP contribution is 2.34. The molecule has 0 spiro atoms. The third kappa shape index (κ3) is 3.86. The van der Waals surface area contributed by atoms with E-state index >= 15 is 0 Å². The number of aromatic nitrogens is 2. The molecule has 24 heavy (non-hydrogen) atoms. The Labute approximate surface area is 148 Å². The molecule has 1 fully saturated rings. The molecule has 0 aliphatic carbocycles. The Morgan fingerprint density at radius 3 is 2.46 bits per heavy atom. The maximum absolute atomic E-state index is 12.6. The molecule has 1 saturated heterocycles. The fraction of sp³-hybridized carbons (Fsp3) is 0.357. The van der Waals surface area contributed by atoms with E-state index in [1.807, 2.05) is 24.3 Å². The lowest BCUT2D eigenvalue weighted by molar-refractivity contribution is -0.138. The van der Waals surface area contributed by atoms with Crippen LogP contribution in [0.2, 0.25) is 0 Å². The Morgan fingerprint density at radius 2 is 1.88 bits per heavy atom. The van der Waals surface area contributed by atoms with Gasteiger partial charge in [-0.05, 0) is 17.7 Å². The maximum atomic E-state index is 12.6. The number of amides is 1. The third-order valence-corrected chi connectivity index (χ3v) is 5.09. The highest BCUT2D eigenvalue weighted by atomic mass is 79.9. The summed E-state index contributed by atoms with van der Waals surface area (Å²) in [7, 11) is 0. The number of anilines is 1. The van der Waals surface area contributed by atoms with E-state index in [1.54, 1.807) is 4.90 Å². The molecule has 1 amide bonds. The molecule has 1 aliphatic rings. The first-order chi connectivity index (χ1) is 11.3. The monoisotopic (exact) mass is 420 g/mol. The largest absolute Gasteiger partial charge is 0.445 e. The van der Waals surface area contributed by atoms with Crippen molar-refractivity contribution >= 4 is 38.3 Å². The van der Waals surface area contributed by atoms with Gasteiger partial charge in [0.05, 0.1) is 6.54 Å². The zero-order valence-electron chi connectivity index (χ0n) is 12.3. The molecule has 0 saturated carbocycles. The lowest BCUT2D eigenvalue weighted by Gasteiger charge is -2.34. The van der Waals surface area contributed by atoms with E-state index in [0.29, 0.717) is 31.0 Å². The van der Waals surface area contributed by atoms with Gasteiger partial charge in [-0.25, -0.2) is 0 Å². The number of piperazine rings is 1. The van der Waals surface area contributed by atoms with Crippen LogP contribution < -0.4 is 4.90 Å². The van der Waals surface area contributed by atoms with Crippen molar-refractivity contribution in [3.8, 4) is 0 Å². The maximum Gasteiger partial charge on any atom is 0.445 e. The van der Waals surface area contributed by atoms with Gasteiger partial charge in [-0.3, -0.25) is 4.79 Å². The van der Waals surface area contributed by atoms with E-state index in [-0.39, 0.29) is 17.6 Å². The number of carbonyl (C=O) groups is 1. The molecular formula is C14H12BrF3N4OS. The molecular weight excluding hydrogens is 409 g/mol. The van der Waals surface area contributed by atoms with Gasteiger partial charge in [0.15, 0.2) is 0 Å². The average molecular weight is 421 g/mol. The minimum Gasteiger partial charge on any atom is -0.336 e. The molecule has 5 nitrogen and oxygen atoms in total. The van der Waals surface area contributed by atoms with E-state index in [1.165, 1.54) is 4.90 Å². The van der Waals surface area contributed by atoms with Gasteiger partial charge in [-0.15, -0.1) is 10.2 Å². The smallest absolute Gasteiger partial charge is 0.336 e. The number of hydrogen-bond donors (Lipinski definition) is 0. The zero-order valence-corrected chi connectivity index (χ0v) is 14.7. The Hall–Kier alpha value is -1.68. The van der Waals surface area contributed by atoms with Crippen molar-refractivity contribution in [1.29, 1.82) is 0 Å². The third-order valence-electron chi connectivity index (χ3n) is 3.53. The standard InChI is InChI=1S/C14H12BrF3N4OS/c15-10-3-1-9(2-4-10)7-21-5-6-22(8-11(21)23)13-20-19-12(24-13)14(16,17)18/h1-4H,5-8H2. The molecule has 2 aromatic rings. The van der Waals surface area contributed by atoms with Crippen molar-refractivity contribution in [1.82, 2.24) is 15.1 Å². The van der Waals surface area contributed by atoms with Crippen LogP contribution in [-0.4, -0.2) is 40.6 Å². The highest BCUT2D eigenvalue weighted by Gasteiger charge is 2.37. The van der Waals surface area contributed by atoms with Crippen LogP contribution in [0.3, 0.4) is 0 Å². The number of nitrogens with zero attached hydrogens (tertiary/aromatic N) is 4. The van der Waals surface area contributed by atoms with Crippen LogP contribution in [0.15, 0.2) is 28.7 Å². The molecule has 3 rings (SSSR count). The SMILES string of the molecule is O=C1CN(c2nnc(C(F)(F)F)s2)CCN1Cc1ccc(Br)cc1. The van der Waals surface area contributed by atoms with E-state index in [0.717, 1.165) is 10.0 Å². The molecule has 0 radical (unpaired) electrons. The first-order valence-corrected chi connectivity index (χ1v) is 8.62. The van der Waals surface area contributed by atoms with Gasteiger partial charge in [0.25, 0.3) is 0 Å². The summed E-state index contributed by atoms with van der Waals surface area (Å²) < 4.78 is 38.7. The quantitative estimate of drug-likeness (QED) is 0.764. The molecule has 1 aromatic carbocycles. The number of carbonyl (C=O) groups excluding carboxylic acids is 1. The van der Waals surface area contributed by atoms with Crippen molar-refractivity contribution in [2.75, 3.05) is 24.5 Å². The van der Waals surface area contributed by atoms with Crippen LogP contribution in [0.4, 0.5) is 18.3 Å². The minimum atomic E-state index is -4.51. The molecule has 0 atom stereocenters. The second-order valence-electron chi connectivity index (χ2n) is 5.25. The van der Waals surface area contributed by atoms with Crippen molar-refractivity contribution in [2.24, 2.45) is 0 Å². The second-order valence-corrected chi connectivity index (χ2v) is 7.12. The molecule has 0 bridgehead atoms. The summed E-state index contributed by atoms with van der Waals surface area (Å²) >= 11 is 3.81. The van der Waals surface area contributed by atoms with Gasteiger partial charge < -0.3 is 9.80 Å². The van der Waals surface area contributed by atoms with Gasteiger partial charge in [-0.2, -0.15) is 13.2 Å². The Bertz CT molecular complexity index is 734. The van der Waals surface area contributed by atoms with Gasteiger partial charge >= 0.3 is 6.18 Å². The van der Waals surface area contributed by atoms with Crippen molar-refractivity contribution in [3.05, 3.63) is 39.3 Å². The Kier molecular flexibility index (Phi) is 4.77. The predicted molar refractivity (Wildman–Crippen MR) is 86.7 cm³/mol. The molecule has 2 heterocycles. The number of halogens is 4. The summed E-state index contributed by atoms with van der Waals surface area (Å²) in [5.74, 6) is -0.145. The molecule has 0 N–H and O–H groups in total. The van der Waals surface area contributed by atoms with Crippen LogP contribution >= 0.6 is 27.3 Å². The highest BCUT2D eigenvalue weighted by molar-refractivity contribution is 9.10. The number of alkyl halides is 3. The molecule has 1 aliphatic heterocycles. The van der Waals surface area contributed by atoms with Gasteiger partial charge in [0.2, 0.25) is 16.0 Å². The zero-order chi connectivity index (χ0) is 17.3. The number of benzene rings is 1. The van der Waals surface area contributed by atoms with Gasteiger partial charge in [0, 0.05) is 24.1 Å². The van der Waals surface area contributed by atoms with E-state index in [9.17, 15) is 18.0 Å². The van der Waals surface area contributed by atoms with Crippen molar-refractivity contribution in [3.63, 3.8) is 0 Å². The Morgan fingerprint density at radius 1 is 1.17 bits per heavy atom. The first kappa shape index (κ1) is 17.2. The van der Waals surface area contributed by atoms with Crippen molar-refractivity contribution < 1.29 is 18.0 Å². The topological polar surface area (TPSA) is 49.3 Å². The van der Waals surface area contributed by atoms with Crippen molar-refractivity contribution in [2.45, 2.75) is 12.7 Å². The fourth-order valence-electron chi connectivity index (χ4n) is 2.31. The van der Waals surface area contributed by atoms with Gasteiger partial charge in [-0.1, -0.05) is 39.4 Å². The summed E-state index contributed by atoms with van der Waals surface area (Å²) in [6, 6.07) is 7.64. The van der Waals surface area contributed by atoms with Crippen LogP contribution in [0.1, 0.15) is 10.6 Å². The summed E-state index contributed by atoms with van der Waals surface area (Å²) in [6.07, 6.45) is -4.51. The lowest BCUT2D eigenvalue weighted by Crippen LogP contribution is -2.50. The van der Waals surface area contributed by atoms with E-state index in [4.69, 9.17) is 0 Å². The first-order valence-electron chi connectivity index (χ1n) is 7.01. The lowest BCUT2D eigenvalue weighted by atomic mass is 10.2.